The van der Waals surface area contributed by atoms with E-state index in [1.165, 1.54) is 12.1 Å². The Morgan fingerprint density at radius 2 is 1.96 bits per heavy atom. The largest absolute Gasteiger partial charge is 0.435 e. The molecule has 1 aromatic carbocycles. The van der Waals surface area contributed by atoms with Crippen molar-refractivity contribution in [1.82, 2.24) is 9.38 Å². The molecule has 0 aliphatic rings. The molecule has 0 fully saturated rings. The van der Waals surface area contributed by atoms with Crippen molar-refractivity contribution < 1.29 is 17.9 Å². The van der Waals surface area contributed by atoms with Gasteiger partial charge in [0.15, 0.2) is 0 Å². The summed E-state index contributed by atoms with van der Waals surface area (Å²) in [5, 5.41) is 0. The summed E-state index contributed by atoms with van der Waals surface area (Å²) in [6.07, 6.45) is 1.59. The van der Waals surface area contributed by atoms with E-state index in [0.717, 1.165) is 5.69 Å². The van der Waals surface area contributed by atoms with Crippen LogP contribution in [0.25, 0.3) is 5.65 Å². The molecule has 24 heavy (non-hydrogen) atoms. The van der Waals surface area contributed by atoms with Gasteiger partial charge in [-0.1, -0.05) is 25.1 Å². The van der Waals surface area contributed by atoms with Gasteiger partial charge in [-0.2, -0.15) is 8.78 Å². The van der Waals surface area contributed by atoms with Crippen LogP contribution >= 0.6 is 15.9 Å². The normalized spacial score (nSPS) is 12.8. The van der Waals surface area contributed by atoms with E-state index in [-0.39, 0.29) is 11.7 Å². The summed E-state index contributed by atoms with van der Waals surface area (Å²) in [5.41, 5.74) is 2.56. The van der Waals surface area contributed by atoms with Crippen LogP contribution in [0, 0.1) is 12.7 Å². The summed E-state index contributed by atoms with van der Waals surface area (Å²) in [7, 11) is 0. The van der Waals surface area contributed by atoms with Gasteiger partial charge in [-0.3, -0.25) is 0 Å². The fourth-order valence-electron chi connectivity index (χ4n) is 2.89. The Balaban J connectivity index is 2.14. The summed E-state index contributed by atoms with van der Waals surface area (Å²) >= 11 is 3.16. The Hall–Kier alpha value is -2.02. The first-order chi connectivity index (χ1) is 11.4. The number of nitrogens with zero attached hydrogens (tertiary/aromatic N) is 2. The number of aromatic nitrogens is 2. The van der Waals surface area contributed by atoms with Gasteiger partial charge in [0.2, 0.25) is 0 Å². The highest BCUT2D eigenvalue weighted by atomic mass is 79.9. The van der Waals surface area contributed by atoms with Crippen LogP contribution in [-0.2, 0) is 0 Å². The van der Waals surface area contributed by atoms with E-state index in [0.29, 0.717) is 21.4 Å². The third-order valence-electron chi connectivity index (χ3n) is 3.90. The van der Waals surface area contributed by atoms with E-state index in [9.17, 15) is 13.2 Å². The Bertz CT molecular complexity index is 895. The zero-order valence-corrected chi connectivity index (χ0v) is 14.5. The van der Waals surface area contributed by atoms with Crippen molar-refractivity contribution in [3.63, 3.8) is 0 Å². The van der Waals surface area contributed by atoms with Gasteiger partial charge in [-0.15, -0.1) is 0 Å². The molecule has 3 nitrogen and oxygen atoms in total. The van der Waals surface area contributed by atoms with Gasteiger partial charge in [0.05, 0.1) is 15.9 Å². The highest BCUT2D eigenvalue weighted by molar-refractivity contribution is 9.10. The van der Waals surface area contributed by atoms with Gasteiger partial charge in [-0.25, -0.2) is 9.37 Å². The van der Waals surface area contributed by atoms with Crippen molar-refractivity contribution in [2.24, 2.45) is 0 Å². The first kappa shape index (κ1) is 16.8. The number of rotatable bonds is 4. The van der Waals surface area contributed by atoms with E-state index in [2.05, 4.69) is 25.7 Å². The number of hydrogen-bond donors (Lipinski definition) is 0. The molecule has 0 amide bonds. The molecule has 0 aliphatic heterocycles. The van der Waals surface area contributed by atoms with Gasteiger partial charge >= 0.3 is 6.61 Å². The zero-order valence-electron chi connectivity index (χ0n) is 12.9. The standard InChI is InChI=1S/C17H14BrF3N2O/c1-9(11-5-3-4-6-14(11)24-17(20)21)16-10(2)22-15-7-13(19)12(18)8-23(15)16/h3-9,17H,1-2H3. The topological polar surface area (TPSA) is 26.5 Å². The second kappa shape index (κ2) is 6.47. The number of hydrogen-bond acceptors (Lipinski definition) is 2. The minimum Gasteiger partial charge on any atom is -0.435 e. The molecular weight excluding hydrogens is 385 g/mol. The Labute approximate surface area is 145 Å². The van der Waals surface area contributed by atoms with Crippen LogP contribution in [0.3, 0.4) is 0 Å². The van der Waals surface area contributed by atoms with Gasteiger partial charge in [0.25, 0.3) is 0 Å². The average molecular weight is 399 g/mol. The molecule has 0 N–H and O–H groups in total. The van der Waals surface area contributed by atoms with Crippen LogP contribution < -0.4 is 4.74 Å². The van der Waals surface area contributed by atoms with Crippen LogP contribution in [0.1, 0.15) is 29.8 Å². The molecule has 2 heterocycles. The summed E-state index contributed by atoms with van der Waals surface area (Å²) in [4.78, 5) is 4.37. The first-order valence-corrected chi connectivity index (χ1v) is 8.05. The summed E-state index contributed by atoms with van der Waals surface area (Å²) < 4.78 is 45.7. The molecule has 2 aromatic heterocycles. The molecule has 0 aliphatic carbocycles. The number of alkyl halides is 2. The summed E-state index contributed by atoms with van der Waals surface area (Å²) in [5.74, 6) is -0.559. The molecule has 1 atom stereocenters. The SMILES string of the molecule is Cc1nc2cc(F)c(Br)cn2c1C(C)c1ccccc1OC(F)F. The lowest BCUT2D eigenvalue weighted by molar-refractivity contribution is -0.0505. The average Bonchev–Trinajstić information content (AvgIpc) is 2.82. The van der Waals surface area contributed by atoms with Crippen molar-refractivity contribution in [3.8, 4) is 5.75 Å². The zero-order chi connectivity index (χ0) is 17.4. The fourth-order valence-corrected chi connectivity index (χ4v) is 3.21. The fraction of sp³-hybridized carbons (Fsp3) is 0.235. The molecule has 0 radical (unpaired) electrons. The van der Waals surface area contributed by atoms with Crippen LogP contribution in [0.15, 0.2) is 41.0 Å². The molecule has 126 valence electrons. The number of para-hydroxylation sites is 1. The van der Waals surface area contributed by atoms with Crippen LogP contribution in [0.5, 0.6) is 5.75 Å². The van der Waals surface area contributed by atoms with E-state index in [4.69, 9.17) is 0 Å². The molecule has 0 spiro atoms. The highest BCUT2D eigenvalue weighted by Crippen LogP contribution is 2.34. The molecule has 0 saturated carbocycles. The summed E-state index contributed by atoms with van der Waals surface area (Å²) in [6, 6.07) is 7.97. The predicted molar refractivity (Wildman–Crippen MR) is 88.2 cm³/mol. The van der Waals surface area contributed by atoms with Crippen molar-refractivity contribution in [2.45, 2.75) is 26.4 Å². The highest BCUT2D eigenvalue weighted by Gasteiger charge is 2.22. The lowest BCUT2D eigenvalue weighted by atomic mass is 9.95. The molecule has 1 unspecified atom stereocenters. The number of fused-ring (bicyclic) bond motifs is 1. The Morgan fingerprint density at radius 1 is 1.25 bits per heavy atom. The van der Waals surface area contributed by atoms with Crippen molar-refractivity contribution >= 4 is 21.6 Å². The minimum atomic E-state index is -2.90. The van der Waals surface area contributed by atoms with Crippen LogP contribution in [0.4, 0.5) is 13.2 Å². The van der Waals surface area contributed by atoms with Gasteiger partial charge in [-0.05, 0) is 28.9 Å². The maximum absolute atomic E-state index is 13.7. The number of benzene rings is 1. The number of halogens is 4. The molecule has 0 saturated heterocycles. The Morgan fingerprint density at radius 3 is 2.67 bits per heavy atom. The lowest BCUT2D eigenvalue weighted by Gasteiger charge is -2.17. The van der Waals surface area contributed by atoms with E-state index in [1.807, 2.05) is 6.92 Å². The smallest absolute Gasteiger partial charge is 0.387 e. The van der Waals surface area contributed by atoms with Crippen molar-refractivity contribution in [3.05, 3.63) is 63.8 Å². The molecular formula is C17H14BrF3N2O. The predicted octanol–water partition coefficient (Wildman–Crippen LogP) is 5.30. The number of pyridine rings is 1. The lowest BCUT2D eigenvalue weighted by Crippen LogP contribution is -2.08. The van der Waals surface area contributed by atoms with E-state index in [1.54, 1.807) is 35.7 Å². The number of ether oxygens (including phenoxy) is 1. The third kappa shape index (κ3) is 3.00. The second-order valence-electron chi connectivity index (χ2n) is 5.42. The van der Waals surface area contributed by atoms with Gasteiger partial charge in [0, 0.05) is 23.7 Å². The van der Waals surface area contributed by atoms with Crippen molar-refractivity contribution in [1.29, 1.82) is 0 Å². The van der Waals surface area contributed by atoms with Crippen LogP contribution in [0.2, 0.25) is 0 Å². The minimum absolute atomic E-state index is 0.121. The van der Waals surface area contributed by atoms with Gasteiger partial charge in [0.1, 0.15) is 17.2 Å². The third-order valence-corrected chi connectivity index (χ3v) is 4.48. The maximum atomic E-state index is 13.7. The quantitative estimate of drug-likeness (QED) is 0.596. The Kier molecular flexibility index (Phi) is 4.54. The van der Waals surface area contributed by atoms with Crippen LogP contribution in [-0.4, -0.2) is 16.0 Å². The first-order valence-electron chi connectivity index (χ1n) is 7.25. The second-order valence-corrected chi connectivity index (χ2v) is 6.27. The van der Waals surface area contributed by atoms with E-state index >= 15 is 0 Å². The summed E-state index contributed by atoms with van der Waals surface area (Å²) in [6.45, 7) is 0.785. The van der Waals surface area contributed by atoms with Crippen molar-refractivity contribution in [2.75, 3.05) is 0 Å². The molecule has 3 rings (SSSR count). The van der Waals surface area contributed by atoms with E-state index < -0.39 is 12.4 Å². The number of imidazole rings is 1. The molecule has 0 bridgehead atoms. The molecule has 3 aromatic rings. The number of aryl methyl sites for hydroxylation is 1. The monoisotopic (exact) mass is 398 g/mol. The molecule has 7 heteroatoms. The maximum Gasteiger partial charge on any atom is 0.387 e. The van der Waals surface area contributed by atoms with Gasteiger partial charge < -0.3 is 9.14 Å².